The second-order valence-electron chi connectivity index (χ2n) is 8.21. The minimum absolute atomic E-state index is 0.248. The lowest BCUT2D eigenvalue weighted by molar-refractivity contribution is -0.344. The Bertz CT molecular complexity index is 467. The molecule has 0 aromatic rings. The second-order valence-corrected chi connectivity index (χ2v) is 8.21. The summed E-state index contributed by atoms with van der Waals surface area (Å²) in [5.74, 6) is -14.8. The number of rotatable bonds is 19. The molecule has 31 heavy (non-hydrogen) atoms. The zero-order valence-corrected chi connectivity index (χ0v) is 18.6. The van der Waals surface area contributed by atoms with Crippen LogP contribution in [0.25, 0.3) is 0 Å². The summed E-state index contributed by atoms with van der Waals surface area (Å²) in [6, 6.07) is 0. The fourth-order valence-electron chi connectivity index (χ4n) is 3.31. The molecule has 0 aliphatic heterocycles. The van der Waals surface area contributed by atoms with Crippen LogP contribution in [0.15, 0.2) is 0 Å². The van der Waals surface area contributed by atoms with Gasteiger partial charge < -0.3 is 5.32 Å². The average Bonchev–Trinajstić information content (AvgIpc) is 2.69. The topological polar surface area (TPSA) is 29.1 Å². The van der Waals surface area contributed by atoms with Crippen molar-refractivity contribution in [2.45, 2.75) is 128 Å². The van der Waals surface area contributed by atoms with Gasteiger partial charge in [-0.05, 0) is 6.42 Å². The van der Waals surface area contributed by atoms with Gasteiger partial charge in [-0.15, -0.1) is 0 Å². The van der Waals surface area contributed by atoms with Crippen molar-refractivity contribution in [2.75, 3.05) is 6.54 Å². The van der Waals surface area contributed by atoms with Crippen molar-refractivity contribution in [1.82, 2.24) is 5.32 Å². The molecule has 0 aliphatic carbocycles. The van der Waals surface area contributed by atoms with Gasteiger partial charge in [0.2, 0.25) is 0 Å². The van der Waals surface area contributed by atoms with Gasteiger partial charge in [-0.2, -0.15) is 30.7 Å². The summed E-state index contributed by atoms with van der Waals surface area (Å²) >= 11 is 0. The third-order valence-corrected chi connectivity index (χ3v) is 5.35. The van der Waals surface area contributed by atoms with Gasteiger partial charge in [0.05, 0.1) is 0 Å². The van der Waals surface area contributed by atoms with Gasteiger partial charge in [0.25, 0.3) is 5.91 Å². The molecule has 0 radical (unpaired) electrons. The summed E-state index contributed by atoms with van der Waals surface area (Å²) in [5.41, 5.74) is 0. The van der Waals surface area contributed by atoms with Crippen molar-refractivity contribution >= 4 is 5.91 Å². The van der Waals surface area contributed by atoms with E-state index < -0.39 is 23.9 Å². The van der Waals surface area contributed by atoms with Crippen molar-refractivity contribution in [2.24, 2.45) is 0 Å². The standard InChI is InChI=1S/C22H38F7NO/c1-2-3-4-5-6-7-8-9-10-11-12-13-14-15-16-17-18-30-19(31)20(23,24)21(25,26)22(27,28)29/h2-18H2,1H3,(H,30,31). The molecule has 1 N–H and O–H groups in total. The molecular weight excluding hydrogens is 427 g/mol. The maximum absolute atomic E-state index is 13.1. The zero-order chi connectivity index (χ0) is 23.8. The van der Waals surface area contributed by atoms with Crippen LogP contribution in [0.5, 0.6) is 0 Å². The van der Waals surface area contributed by atoms with E-state index in [9.17, 15) is 35.5 Å². The highest BCUT2D eigenvalue weighted by Gasteiger charge is 2.76. The molecule has 0 atom stereocenters. The summed E-state index contributed by atoms with van der Waals surface area (Å²) in [6.45, 7) is 1.85. The van der Waals surface area contributed by atoms with Crippen LogP contribution in [0, 0.1) is 0 Å². The highest BCUT2D eigenvalue weighted by molar-refractivity contribution is 5.84. The quantitative estimate of drug-likeness (QED) is 0.151. The first-order valence-corrected chi connectivity index (χ1v) is 11.6. The van der Waals surface area contributed by atoms with Gasteiger partial charge in [0.15, 0.2) is 0 Å². The monoisotopic (exact) mass is 465 g/mol. The number of amides is 1. The fraction of sp³-hybridized carbons (Fsp3) is 0.955. The van der Waals surface area contributed by atoms with Crippen LogP contribution in [-0.4, -0.2) is 30.5 Å². The zero-order valence-electron chi connectivity index (χ0n) is 18.6. The molecular formula is C22H38F7NO. The number of hydrogen-bond acceptors (Lipinski definition) is 1. The van der Waals surface area contributed by atoms with Crippen molar-refractivity contribution < 1.29 is 35.5 Å². The van der Waals surface area contributed by atoms with Crippen molar-refractivity contribution in [3.8, 4) is 0 Å². The third kappa shape index (κ3) is 12.0. The highest BCUT2D eigenvalue weighted by Crippen LogP contribution is 2.46. The number of carbonyl (C=O) groups excluding carboxylic acids is 1. The number of hydrogen-bond donors (Lipinski definition) is 1. The van der Waals surface area contributed by atoms with Gasteiger partial charge in [-0.3, -0.25) is 4.79 Å². The van der Waals surface area contributed by atoms with Gasteiger partial charge in [-0.1, -0.05) is 103 Å². The van der Waals surface area contributed by atoms with E-state index in [1.807, 2.05) is 0 Å². The summed E-state index contributed by atoms with van der Waals surface area (Å²) in [4.78, 5) is 11.1. The minimum Gasteiger partial charge on any atom is -0.351 e. The smallest absolute Gasteiger partial charge is 0.351 e. The Morgan fingerprint density at radius 1 is 0.581 bits per heavy atom. The Morgan fingerprint density at radius 3 is 1.23 bits per heavy atom. The summed E-state index contributed by atoms with van der Waals surface area (Å²) in [5, 5.41) is 1.48. The molecule has 0 rings (SSSR count). The lowest BCUT2D eigenvalue weighted by Crippen LogP contribution is -2.59. The molecule has 0 heterocycles. The normalized spacial score (nSPS) is 12.9. The Kier molecular flexibility index (Phi) is 15.2. The first-order valence-electron chi connectivity index (χ1n) is 11.6. The summed E-state index contributed by atoms with van der Waals surface area (Å²) < 4.78 is 87.8. The Balaban J connectivity index is 3.59. The summed E-state index contributed by atoms with van der Waals surface area (Å²) in [6.07, 6.45) is 11.0. The average molecular weight is 466 g/mol. The number of alkyl halides is 7. The number of carbonyl (C=O) groups is 1. The van der Waals surface area contributed by atoms with Crippen LogP contribution in [0.2, 0.25) is 0 Å². The predicted molar refractivity (Wildman–Crippen MR) is 109 cm³/mol. The van der Waals surface area contributed by atoms with Crippen LogP contribution in [-0.2, 0) is 4.79 Å². The molecule has 0 aliphatic rings. The van der Waals surface area contributed by atoms with Crippen molar-refractivity contribution in [1.29, 1.82) is 0 Å². The van der Waals surface area contributed by atoms with Gasteiger partial charge >= 0.3 is 18.0 Å². The van der Waals surface area contributed by atoms with Gasteiger partial charge in [0.1, 0.15) is 0 Å². The van der Waals surface area contributed by atoms with E-state index in [-0.39, 0.29) is 13.0 Å². The van der Waals surface area contributed by atoms with E-state index in [2.05, 4.69) is 6.92 Å². The minimum atomic E-state index is -6.50. The Morgan fingerprint density at radius 2 is 0.903 bits per heavy atom. The SMILES string of the molecule is CCCCCCCCCCCCCCCCCCNC(=O)C(F)(F)C(F)(F)C(F)(F)F. The highest BCUT2D eigenvalue weighted by atomic mass is 19.4. The van der Waals surface area contributed by atoms with E-state index in [0.29, 0.717) is 6.42 Å². The molecule has 1 amide bonds. The third-order valence-electron chi connectivity index (χ3n) is 5.35. The second kappa shape index (κ2) is 15.7. The fourth-order valence-corrected chi connectivity index (χ4v) is 3.31. The molecule has 0 bridgehead atoms. The van der Waals surface area contributed by atoms with Crippen molar-refractivity contribution in [3.63, 3.8) is 0 Å². The molecule has 2 nitrogen and oxygen atoms in total. The summed E-state index contributed by atoms with van der Waals surface area (Å²) in [7, 11) is 0. The maximum atomic E-state index is 13.1. The van der Waals surface area contributed by atoms with Crippen LogP contribution in [0.4, 0.5) is 30.7 Å². The number of unbranched alkanes of at least 4 members (excludes halogenated alkanes) is 15. The number of halogens is 7. The Labute approximate surface area is 181 Å². The predicted octanol–water partition coefficient (Wildman–Crippen LogP) is 8.20. The molecule has 0 saturated carbocycles. The lowest BCUT2D eigenvalue weighted by atomic mass is 10.0. The van der Waals surface area contributed by atoms with E-state index in [1.54, 1.807) is 0 Å². The largest absolute Gasteiger partial charge is 0.460 e. The number of nitrogens with one attached hydrogen (secondary N) is 1. The van der Waals surface area contributed by atoms with Crippen LogP contribution in [0.3, 0.4) is 0 Å². The maximum Gasteiger partial charge on any atom is 0.460 e. The van der Waals surface area contributed by atoms with E-state index in [1.165, 1.54) is 69.5 Å². The van der Waals surface area contributed by atoms with Gasteiger partial charge in [-0.25, -0.2) is 0 Å². The lowest BCUT2D eigenvalue weighted by Gasteiger charge is -2.27. The molecule has 0 fully saturated rings. The van der Waals surface area contributed by atoms with Crippen LogP contribution < -0.4 is 5.32 Å². The Hall–Kier alpha value is -1.02. The first kappa shape index (κ1) is 30.0. The molecule has 0 aromatic carbocycles. The molecule has 0 spiro atoms. The van der Waals surface area contributed by atoms with Gasteiger partial charge in [0, 0.05) is 6.54 Å². The first-order chi connectivity index (χ1) is 14.5. The van der Waals surface area contributed by atoms with E-state index in [4.69, 9.17) is 0 Å². The van der Waals surface area contributed by atoms with E-state index in [0.717, 1.165) is 25.7 Å². The van der Waals surface area contributed by atoms with Crippen LogP contribution >= 0.6 is 0 Å². The van der Waals surface area contributed by atoms with Crippen molar-refractivity contribution in [3.05, 3.63) is 0 Å². The molecule has 9 heteroatoms. The molecule has 0 unspecified atom stereocenters. The van der Waals surface area contributed by atoms with E-state index >= 15 is 0 Å². The van der Waals surface area contributed by atoms with Crippen LogP contribution in [0.1, 0.15) is 110 Å². The molecule has 0 saturated heterocycles. The molecule has 186 valence electrons. The molecule has 0 aromatic heterocycles.